The maximum absolute atomic E-state index is 11.7. The van der Waals surface area contributed by atoms with E-state index in [4.69, 9.17) is 9.15 Å². The van der Waals surface area contributed by atoms with E-state index in [2.05, 4.69) is 10.1 Å². The standard InChI is InChI=1S/C15H13N3O3/c1-11-7-13(18-6-2-5-17-18)4-3-12(11)8-21-15(19)14-9-20-10-16-14/h2-7,9-10H,8H2,1H3. The van der Waals surface area contributed by atoms with Crippen molar-refractivity contribution in [3.8, 4) is 5.69 Å². The molecule has 0 saturated heterocycles. The summed E-state index contributed by atoms with van der Waals surface area (Å²) in [5.74, 6) is -0.501. The summed E-state index contributed by atoms with van der Waals surface area (Å²) in [6, 6.07) is 7.71. The minimum absolute atomic E-state index is 0.167. The third kappa shape index (κ3) is 2.84. The minimum Gasteiger partial charge on any atom is -0.456 e. The molecule has 21 heavy (non-hydrogen) atoms. The highest BCUT2D eigenvalue weighted by Gasteiger charge is 2.11. The van der Waals surface area contributed by atoms with Gasteiger partial charge in [-0.25, -0.2) is 14.5 Å². The zero-order chi connectivity index (χ0) is 14.7. The van der Waals surface area contributed by atoms with E-state index < -0.39 is 5.97 Å². The Labute approximate surface area is 121 Å². The third-order valence-corrected chi connectivity index (χ3v) is 3.10. The third-order valence-electron chi connectivity index (χ3n) is 3.10. The Balaban J connectivity index is 1.70. The van der Waals surface area contributed by atoms with Crippen LogP contribution >= 0.6 is 0 Å². The topological polar surface area (TPSA) is 70.2 Å². The summed E-state index contributed by atoms with van der Waals surface area (Å²) in [4.78, 5) is 15.4. The number of benzene rings is 1. The van der Waals surface area contributed by atoms with Crippen LogP contribution in [0, 0.1) is 6.92 Å². The molecule has 6 nitrogen and oxygen atoms in total. The van der Waals surface area contributed by atoms with Gasteiger partial charge < -0.3 is 9.15 Å². The van der Waals surface area contributed by atoms with Gasteiger partial charge in [-0.2, -0.15) is 5.10 Å². The molecule has 3 rings (SSSR count). The Morgan fingerprint density at radius 3 is 3.00 bits per heavy atom. The van der Waals surface area contributed by atoms with Crippen LogP contribution in [0.3, 0.4) is 0 Å². The van der Waals surface area contributed by atoms with Crippen LogP contribution in [-0.2, 0) is 11.3 Å². The molecule has 6 heteroatoms. The molecule has 1 aromatic carbocycles. The molecular formula is C15H13N3O3. The van der Waals surface area contributed by atoms with Gasteiger partial charge >= 0.3 is 5.97 Å². The molecule has 0 amide bonds. The molecule has 3 aromatic rings. The van der Waals surface area contributed by atoms with Crippen LogP contribution in [-0.4, -0.2) is 20.7 Å². The average Bonchev–Trinajstić information content (AvgIpc) is 3.18. The van der Waals surface area contributed by atoms with E-state index in [0.717, 1.165) is 16.8 Å². The van der Waals surface area contributed by atoms with Gasteiger partial charge in [-0.1, -0.05) is 6.07 Å². The van der Waals surface area contributed by atoms with E-state index in [-0.39, 0.29) is 12.3 Å². The van der Waals surface area contributed by atoms with Gasteiger partial charge in [0.05, 0.1) is 5.69 Å². The average molecular weight is 283 g/mol. The molecule has 0 aliphatic heterocycles. The number of hydrogen-bond acceptors (Lipinski definition) is 5. The summed E-state index contributed by atoms with van der Waals surface area (Å²) in [5.41, 5.74) is 3.09. The van der Waals surface area contributed by atoms with Crippen molar-refractivity contribution < 1.29 is 13.9 Å². The molecule has 0 saturated carbocycles. The predicted molar refractivity (Wildman–Crippen MR) is 73.9 cm³/mol. The van der Waals surface area contributed by atoms with Crippen LogP contribution in [0.2, 0.25) is 0 Å². The lowest BCUT2D eigenvalue weighted by Gasteiger charge is -2.09. The van der Waals surface area contributed by atoms with Crippen LogP contribution in [0.5, 0.6) is 0 Å². The Kier molecular flexibility index (Phi) is 3.51. The summed E-state index contributed by atoms with van der Waals surface area (Å²) in [6.45, 7) is 2.16. The first-order valence-corrected chi connectivity index (χ1v) is 6.39. The van der Waals surface area contributed by atoms with Crippen molar-refractivity contribution in [1.82, 2.24) is 14.8 Å². The van der Waals surface area contributed by atoms with Crippen molar-refractivity contribution in [2.45, 2.75) is 13.5 Å². The molecular weight excluding hydrogens is 270 g/mol. The van der Waals surface area contributed by atoms with Crippen LogP contribution in [0.25, 0.3) is 5.69 Å². The second-order valence-corrected chi connectivity index (χ2v) is 4.51. The summed E-state index contributed by atoms with van der Waals surface area (Å²) < 4.78 is 11.7. The number of nitrogens with zero attached hydrogens (tertiary/aromatic N) is 3. The smallest absolute Gasteiger partial charge is 0.360 e. The van der Waals surface area contributed by atoms with E-state index in [9.17, 15) is 4.79 Å². The highest BCUT2D eigenvalue weighted by Crippen LogP contribution is 2.15. The first kappa shape index (κ1) is 13.1. The summed E-state index contributed by atoms with van der Waals surface area (Å²) in [5, 5.41) is 4.18. The van der Waals surface area contributed by atoms with Crippen molar-refractivity contribution in [3.63, 3.8) is 0 Å². The molecule has 0 aliphatic carbocycles. The van der Waals surface area contributed by atoms with Gasteiger partial charge in [0.25, 0.3) is 0 Å². The number of oxazole rings is 1. The highest BCUT2D eigenvalue weighted by atomic mass is 16.5. The van der Waals surface area contributed by atoms with Gasteiger partial charge in [-0.05, 0) is 36.2 Å². The molecule has 0 radical (unpaired) electrons. The maximum Gasteiger partial charge on any atom is 0.360 e. The molecule has 0 spiro atoms. The SMILES string of the molecule is Cc1cc(-n2cccn2)ccc1COC(=O)c1cocn1. The second-order valence-electron chi connectivity index (χ2n) is 4.51. The molecule has 0 aliphatic rings. The quantitative estimate of drug-likeness (QED) is 0.688. The number of carbonyl (C=O) groups is 1. The fraction of sp³-hybridized carbons (Fsp3) is 0.133. The molecule has 0 N–H and O–H groups in total. The van der Waals surface area contributed by atoms with Gasteiger partial charge in [0, 0.05) is 12.4 Å². The van der Waals surface area contributed by atoms with Crippen LogP contribution in [0.15, 0.2) is 53.7 Å². The summed E-state index contributed by atoms with van der Waals surface area (Å²) >= 11 is 0. The monoisotopic (exact) mass is 283 g/mol. The largest absolute Gasteiger partial charge is 0.456 e. The fourth-order valence-corrected chi connectivity index (χ4v) is 1.94. The predicted octanol–water partition coefficient (Wildman–Crippen LogP) is 2.53. The zero-order valence-corrected chi connectivity index (χ0v) is 11.4. The summed E-state index contributed by atoms with van der Waals surface area (Å²) in [7, 11) is 0. The Hall–Kier alpha value is -2.89. The number of rotatable bonds is 4. The number of aromatic nitrogens is 3. The van der Waals surface area contributed by atoms with Gasteiger partial charge in [-0.3, -0.25) is 0 Å². The minimum atomic E-state index is -0.501. The normalized spacial score (nSPS) is 10.5. The Morgan fingerprint density at radius 2 is 2.33 bits per heavy atom. The van der Waals surface area contributed by atoms with Crippen molar-refractivity contribution >= 4 is 5.97 Å². The first-order valence-electron chi connectivity index (χ1n) is 6.39. The van der Waals surface area contributed by atoms with Crippen LogP contribution < -0.4 is 0 Å². The molecule has 0 bridgehead atoms. The molecule has 2 heterocycles. The lowest BCUT2D eigenvalue weighted by molar-refractivity contribution is 0.0465. The Morgan fingerprint density at radius 1 is 1.43 bits per heavy atom. The van der Waals surface area contributed by atoms with E-state index in [1.165, 1.54) is 12.7 Å². The number of carbonyl (C=O) groups excluding carboxylic acids is 1. The number of aryl methyl sites for hydroxylation is 1. The van der Waals surface area contributed by atoms with E-state index in [1.807, 2.05) is 37.4 Å². The zero-order valence-electron chi connectivity index (χ0n) is 11.4. The summed E-state index contributed by atoms with van der Waals surface area (Å²) in [6.07, 6.45) is 6.05. The van der Waals surface area contributed by atoms with E-state index >= 15 is 0 Å². The van der Waals surface area contributed by atoms with Crippen molar-refractivity contribution in [2.24, 2.45) is 0 Å². The molecule has 0 unspecified atom stereocenters. The van der Waals surface area contributed by atoms with Gasteiger partial charge in [0.2, 0.25) is 0 Å². The van der Waals surface area contributed by atoms with E-state index in [1.54, 1.807) is 10.9 Å². The van der Waals surface area contributed by atoms with Gasteiger partial charge in [-0.15, -0.1) is 0 Å². The molecule has 0 atom stereocenters. The van der Waals surface area contributed by atoms with Crippen molar-refractivity contribution in [1.29, 1.82) is 0 Å². The molecule has 2 aromatic heterocycles. The van der Waals surface area contributed by atoms with Gasteiger partial charge in [0.1, 0.15) is 12.9 Å². The first-order chi connectivity index (χ1) is 10.2. The highest BCUT2D eigenvalue weighted by molar-refractivity contribution is 5.86. The second kappa shape index (κ2) is 5.62. The molecule has 106 valence electrons. The maximum atomic E-state index is 11.7. The number of ether oxygens (including phenoxy) is 1. The van der Waals surface area contributed by atoms with Crippen LogP contribution in [0.4, 0.5) is 0 Å². The van der Waals surface area contributed by atoms with Crippen molar-refractivity contribution in [2.75, 3.05) is 0 Å². The van der Waals surface area contributed by atoms with E-state index in [0.29, 0.717) is 0 Å². The number of esters is 1. The lowest BCUT2D eigenvalue weighted by atomic mass is 10.1. The number of hydrogen-bond donors (Lipinski definition) is 0. The Bertz CT molecular complexity index is 734. The van der Waals surface area contributed by atoms with Gasteiger partial charge in [0.15, 0.2) is 12.1 Å². The fourth-order valence-electron chi connectivity index (χ4n) is 1.94. The molecule has 0 fully saturated rings. The van der Waals surface area contributed by atoms with Crippen molar-refractivity contribution in [3.05, 3.63) is 66.1 Å². The lowest BCUT2D eigenvalue weighted by Crippen LogP contribution is -2.06. The van der Waals surface area contributed by atoms with Crippen LogP contribution in [0.1, 0.15) is 21.6 Å².